The topological polar surface area (TPSA) is 84.2 Å². The lowest BCUT2D eigenvalue weighted by Crippen LogP contribution is -2.28. The highest BCUT2D eigenvalue weighted by Gasteiger charge is 2.16. The van der Waals surface area contributed by atoms with E-state index in [9.17, 15) is 9.59 Å². The van der Waals surface area contributed by atoms with Crippen molar-refractivity contribution in [3.63, 3.8) is 0 Å². The van der Waals surface area contributed by atoms with E-state index in [1.54, 1.807) is 19.9 Å². The molecule has 0 aliphatic heterocycles. The predicted octanol–water partition coefficient (Wildman–Crippen LogP) is 1.18. The fourth-order valence-electron chi connectivity index (χ4n) is 1.18. The Labute approximate surface area is 110 Å². The Kier molecular flexibility index (Phi) is 5.70. The minimum atomic E-state index is -0.329. The SMILES string of the molecule is CCNC(=O)CSC(C)C(=O)Nc1cc(C)on1. The number of aromatic nitrogens is 1. The van der Waals surface area contributed by atoms with Crippen LogP contribution in [-0.2, 0) is 9.59 Å². The first-order chi connectivity index (χ1) is 8.52. The number of carbonyl (C=O) groups is 2. The second kappa shape index (κ2) is 7.05. The van der Waals surface area contributed by atoms with Gasteiger partial charge in [-0.2, -0.15) is 0 Å². The van der Waals surface area contributed by atoms with Crippen molar-refractivity contribution in [1.82, 2.24) is 10.5 Å². The normalized spacial score (nSPS) is 11.9. The van der Waals surface area contributed by atoms with Gasteiger partial charge in [-0.1, -0.05) is 5.16 Å². The molecular weight excluding hydrogens is 254 g/mol. The van der Waals surface area contributed by atoms with Crippen LogP contribution in [0.2, 0.25) is 0 Å². The Morgan fingerprint density at radius 3 is 2.83 bits per heavy atom. The number of hydrogen-bond donors (Lipinski definition) is 2. The van der Waals surface area contributed by atoms with Crippen molar-refractivity contribution in [3.8, 4) is 0 Å². The van der Waals surface area contributed by atoms with Gasteiger partial charge in [-0.05, 0) is 20.8 Å². The van der Waals surface area contributed by atoms with Gasteiger partial charge in [-0.15, -0.1) is 11.8 Å². The van der Waals surface area contributed by atoms with Crippen LogP contribution in [0, 0.1) is 6.92 Å². The Morgan fingerprint density at radius 2 is 2.28 bits per heavy atom. The first-order valence-corrected chi connectivity index (χ1v) is 6.70. The van der Waals surface area contributed by atoms with E-state index in [1.807, 2.05) is 6.92 Å². The molecule has 2 amide bonds. The molecule has 1 atom stereocenters. The molecule has 0 spiro atoms. The lowest BCUT2D eigenvalue weighted by molar-refractivity contribution is -0.118. The lowest BCUT2D eigenvalue weighted by Gasteiger charge is -2.09. The summed E-state index contributed by atoms with van der Waals surface area (Å²) in [5.74, 6) is 1.02. The number of thioether (sulfide) groups is 1. The third-order valence-electron chi connectivity index (χ3n) is 2.09. The molecule has 1 aromatic rings. The number of nitrogens with one attached hydrogen (secondary N) is 2. The summed E-state index contributed by atoms with van der Waals surface area (Å²) in [6.45, 7) is 5.94. The minimum absolute atomic E-state index is 0.0700. The van der Waals surface area contributed by atoms with Gasteiger partial charge in [0.2, 0.25) is 11.8 Å². The van der Waals surface area contributed by atoms with Crippen LogP contribution in [0.5, 0.6) is 0 Å². The summed E-state index contributed by atoms with van der Waals surface area (Å²) in [6.07, 6.45) is 0. The Morgan fingerprint density at radius 1 is 1.56 bits per heavy atom. The van der Waals surface area contributed by atoms with Crippen LogP contribution < -0.4 is 10.6 Å². The van der Waals surface area contributed by atoms with Gasteiger partial charge in [0.05, 0.1) is 11.0 Å². The summed E-state index contributed by atoms with van der Waals surface area (Å²) >= 11 is 1.28. The standard InChI is InChI=1S/C11H17N3O3S/c1-4-12-10(15)6-18-8(3)11(16)13-9-5-7(2)17-14-9/h5,8H,4,6H2,1-3H3,(H,12,15)(H,13,14,16). The zero-order valence-electron chi connectivity index (χ0n) is 10.6. The number of hydrogen-bond acceptors (Lipinski definition) is 5. The summed E-state index contributed by atoms with van der Waals surface area (Å²) in [5, 5.41) is 8.63. The van der Waals surface area contributed by atoms with Crippen molar-refractivity contribution < 1.29 is 14.1 Å². The van der Waals surface area contributed by atoms with Gasteiger partial charge in [0.15, 0.2) is 5.82 Å². The van der Waals surface area contributed by atoms with E-state index in [1.165, 1.54) is 11.8 Å². The van der Waals surface area contributed by atoms with Crippen LogP contribution in [0.4, 0.5) is 5.82 Å². The monoisotopic (exact) mass is 271 g/mol. The van der Waals surface area contributed by atoms with E-state index in [0.717, 1.165) is 0 Å². The van der Waals surface area contributed by atoms with E-state index in [-0.39, 0.29) is 22.8 Å². The summed E-state index contributed by atoms with van der Waals surface area (Å²) in [4.78, 5) is 23.0. The highest BCUT2D eigenvalue weighted by Crippen LogP contribution is 2.13. The molecule has 18 heavy (non-hydrogen) atoms. The largest absolute Gasteiger partial charge is 0.360 e. The smallest absolute Gasteiger partial charge is 0.238 e. The summed E-state index contributed by atoms with van der Waals surface area (Å²) in [6, 6.07) is 1.64. The number of nitrogens with zero attached hydrogens (tertiary/aromatic N) is 1. The third-order valence-corrected chi connectivity index (χ3v) is 3.23. The number of rotatable bonds is 6. The fourth-order valence-corrected chi connectivity index (χ4v) is 1.89. The van der Waals surface area contributed by atoms with Crippen molar-refractivity contribution in [1.29, 1.82) is 0 Å². The second-order valence-electron chi connectivity index (χ2n) is 3.72. The maximum atomic E-state index is 11.7. The van der Waals surface area contributed by atoms with Crippen molar-refractivity contribution in [3.05, 3.63) is 11.8 Å². The Bertz CT molecular complexity index is 419. The first-order valence-electron chi connectivity index (χ1n) is 5.65. The molecule has 1 aromatic heterocycles. The molecule has 2 N–H and O–H groups in total. The molecule has 6 nitrogen and oxygen atoms in total. The maximum absolute atomic E-state index is 11.7. The summed E-state index contributed by atoms with van der Waals surface area (Å²) in [7, 11) is 0. The van der Waals surface area contributed by atoms with E-state index < -0.39 is 0 Å². The molecule has 0 fully saturated rings. The van der Waals surface area contributed by atoms with Crippen molar-refractivity contribution >= 4 is 29.4 Å². The quantitative estimate of drug-likeness (QED) is 0.811. The molecule has 1 unspecified atom stereocenters. The Hall–Kier alpha value is -1.50. The molecule has 0 aliphatic rings. The highest BCUT2D eigenvalue weighted by molar-refractivity contribution is 8.01. The van der Waals surface area contributed by atoms with Gasteiger partial charge in [0, 0.05) is 12.6 Å². The molecule has 0 saturated carbocycles. The fraction of sp³-hybridized carbons (Fsp3) is 0.545. The molecule has 0 aromatic carbocycles. The lowest BCUT2D eigenvalue weighted by atomic mass is 10.4. The van der Waals surface area contributed by atoms with Gasteiger partial charge in [0.25, 0.3) is 0 Å². The van der Waals surface area contributed by atoms with Crippen LogP contribution in [0.3, 0.4) is 0 Å². The molecule has 1 rings (SSSR count). The molecule has 100 valence electrons. The van der Waals surface area contributed by atoms with Crippen molar-refractivity contribution in [2.24, 2.45) is 0 Å². The number of amides is 2. The van der Waals surface area contributed by atoms with E-state index in [4.69, 9.17) is 4.52 Å². The van der Waals surface area contributed by atoms with E-state index in [0.29, 0.717) is 18.1 Å². The summed E-state index contributed by atoms with van der Waals surface area (Å²) < 4.78 is 4.84. The maximum Gasteiger partial charge on any atom is 0.238 e. The first kappa shape index (κ1) is 14.6. The molecule has 0 bridgehead atoms. The molecular formula is C11H17N3O3S. The van der Waals surface area contributed by atoms with Crippen LogP contribution in [0.15, 0.2) is 10.6 Å². The summed E-state index contributed by atoms with van der Waals surface area (Å²) in [5.41, 5.74) is 0. The third kappa shape index (κ3) is 4.79. The second-order valence-corrected chi connectivity index (χ2v) is 5.05. The minimum Gasteiger partial charge on any atom is -0.360 e. The number of aryl methyl sites for hydroxylation is 1. The van der Waals surface area contributed by atoms with E-state index >= 15 is 0 Å². The van der Waals surface area contributed by atoms with E-state index in [2.05, 4.69) is 15.8 Å². The molecule has 7 heteroatoms. The molecule has 0 aliphatic carbocycles. The van der Waals surface area contributed by atoms with Crippen molar-refractivity contribution in [2.75, 3.05) is 17.6 Å². The highest BCUT2D eigenvalue weighted by atomic mass is 32.2. The number of anilines is 1. The molecule has 0 saturated heterocycles. The number of carbonyl (C=O) groups excluding carboxylic acids is 2. The van der Waals surface area contributed by atoms with Gasteiger partial charge < -0.3 is 15.2 Å². The van der Waals surface area contributed by atoms with Gasteiger partial charge in [-0.3, -0.25) is 9.59 Å². The van der Waals surface area contributed by atoms with Crippen LogP contribution >= 0.6 is 11.8 Å². The average molecular weight is 271 g/mol. The Balaban J connectivity index is 2.35. The predicted molar refractivity (Wildman–Crippen MR) is 70.5 cm³/mol. The van der Waals surface area contributed by atoms with Gasteiger partial charge in [-0.25, -0.2) is 0 Å². The van der Waals surface area contributed by atoms with Gasteiger partial charge >= 0.3 is 0 Å². The van der Waals surface area contributed by atoms with Crippen LogP contribution in [0.1, 0.15) is 19.6 Å². The van der Waals surface area contributed by atoms with Gasteiger partial charge in [0.1, 0.15) is 5.76 Å². The van der Waals surface area contributed by atoms with Crippen LogP contribution in [-0.4, -0.2) is 34.5 Å². The molecule has 1 heterocycles. The average Bonchev–Trinajstić information content (AvgIpc) is 2.72. The molecule has 0 radical (unpaired) electrons. The van der Waals surface area contributed by atoms with Crippen molar-refractivity contribution in [2.45, 2.75) is 26.0 Å². The zero-order valence-corrected chi connectivity index (χ0v) is 11.5. The van der Waals surface area contributed by atoms with Crippen LogP contribution in [0.25, 0.3) is 0 Å². The zero-order chi connectivity index (χ0) is 13.5.